The van der Waals surface area contributed by atoms with Gasteiger partial charge in [0.15, 0.2) is 0 Å². The highest BCUT2D eigenvalue weighted by Crippen LogP contribution is 2.24. The van der Waals surface area contributed by atoms with E-state index < -0.39 is 10.0 Å². The van der Waals surface area contributed by atoms with Crippen LogP contribution in [-0.4, -0.2) is 38.5 Å². The van der Waals surface area contributed by atoms with E-state index in [-0.39, 0.29) is 16.7 Å². The third kappa shape index (κ3) is 2.50. The maximum absolute atomic E-state index is 12.5. The van der Waals surface area contributed by atoms with E-state index in [9.17, 15) is 8.42 Å². The Morgan fingerprint density at radius 3 is 2.83 bits per heavy atom. The summed E-state index contributed by atoms with van der Waals surface area (Å²) in [6.07, 6.45) is 0.773. The fourth-order valence-electron chi connectivity index (χ4n) is 2.01. The summed E-state index contributed by atoms with van der Waals surface area (Å²) in [4.78, 5) is 0.182. The predicted octanol–water partition coefficient (Wildman–Crippen LogP) is 1.07. The van der Waals surface area contributed by atoms with E-state index in [0.29, 0.717) is 19.7 Å². The Bertz CT molecular complexity index is 516. The van der Waals surface area contributed by atoms with Crippen molar-refractivity contribution in [3.8, 4) is 0 Å². The van der Waals surface area contributed by atoms with E-state index in [0.717, 1.165) is 6.42 Å². The number of hydrogen-bond donors (Lipinski definition) is 1. The molecule has 1 heterocycles. The number of rotatable bonds is 3. The monoisotopic (exact) mass is 270 g/mol. The smallest absolute Gasteiger partial charge is 0.245 e. The molecule has 1 aliphatic heterocycles. The lowest BCUT2D eigenvalue weighted by molar-refractivity contribution is -0.00276. The first-order valence-corrected chi connectivity index (χ1v) is 7.46. The van der Waals surface area contributed by atoms with Crippen LogP contribution in [0.1, 0.15) is 13.3 Å². The van der Waals surface area contributed by atoms with Crippen molar-refractivity contribution in [3.05, 3.63) is 24.3 Å². The van der Waals surface area contributed by atoms with E-state index in [1.807, 2.05) is 6.92 Å². The molecule has 0 saturated carbocycles. The number of nitrogens with two attached hydrogens (primary N) is 1. The molecule has 1 aliphatic rings. The number of ether oxygens (including phenoxy) is 1. The number of nitrogen functional groups attached to an aromatic ring is 1. The molecule has 1 aromatic carbocycles. The van der Waals surface area contributed by atoms with Crippen LogP contribution in [0.3, 0.4) is 0 Å². The van der Waals surface area contributed by atoms with Crippen molar-refractivity contribution in [1.29, 1.82) is 0 Å². The minimum Gasteiger partial charge on any atom is -0.398 e. The third-order valence-corrected chi connectivity index (χ3v) is 5.03. The topological polar surface area (TPSA) is 72.6 Å². The fraction of sp³-hybridized carbons (Fsp3) is 0.500. The number of morpholine rings is 1. The van der Waals surface area contributed by atoms with Crippen LogP contribution in [-0.2, 0) is 14.8 Å². The minimum absolute atomic E-state index is 0.0292. The van der Waals surface area contributed by atoms with Crippen LogP contribution in [0.5, 0.6) is 0 Å². The lowest BCUT2D eigenvalue weighted by Crippen LogP contribution is -2.45. The average Bonchev–Trinajstić information content (AvgIpc) is 2.39. The molecule has 1 atom stereocenters. The SMILES string of the molecule is CCC1CN(S(=O)(=O)c2ccccc2N)CCO1. The molecule has 0 amide bonds. The number of sulfonamides is 1. The molecule has 6 heteroatoms. The van der Waals surface area contributed by atoms with Gasteiger partial charge in [0, 0.05) is 13.1 Å². The average molecular weight is 270 g/mol. The number of nitrogens with zero attached hydrogens (tertiary/aromatic N) is 1. The molecular weight excluding hydrogens is 252 g/mol. The van der Waals surface area contributed by atoms with Crippen LogP contribution in [0.4, 0.5) is 5.69 Å². The fourth-order valence-corrected chi connectivity index (χ4v) is 3.58. The largest absolute Gasteiger partial charge is 0.398 e. The minimum atomic E-state index is -3.51. The first kappa shape index (κ1) is 13.3. The Morgan fingerprint density at radius 2 is 2.17 bits per heavy atom. The van der Waals surface area contributed by atoms with Gasteiger partial charge in [0.05, 0.1) is 18.4 Å². The van der Waals surface area contributed by atoms with Crippen molar-refractivity contribution in [2.45, 2.75) is 24.3 Å². The van der Waals surface area contributed by atoms with Crippen LogP contribution < -0.4 is 5.73 Å². The molecule has 1 unspecified atom stereocenters. The van der Waals surface area contributed by atoms with Gasteiger partial charge in [0.2, 0.25) is 10.0 Å². The van der Waals surface area contributed by atoms with Crippen molar-refractivity contribution in [2.75, 3.05) is 25.4 Å². The summed E-state index contributed by atoms with van der Waals surface area (Å²) in [7, 11) is -3.51. The summed E-state index contributed by atoms with van der Waals surface area (Å²) in [5, 5.41) is 0. The van der Waals surface area contributed by atoms with Crippen LogP contribution >= 0.6 is 0 Å². The van der Waals surface area contributed by atoms with Gasteiger partial charge in [0.25, 0.3) is 0 Å². The predicted molar refractivity (Wildman–Crippen MR) is 69.6 cm³/mol. The van der Waals surface area contributed by atoms with Crippen LogP contribution in [0.2, 0.25) is 0 Å². The summed E-state index contributed by atoms with van der Waals surface area (Å²) in [6, 6.07) is 6.55. The highest BCUT2D eigenvalue weighted by Gasteiger charge is 2.31. The molecule has 18 heavy (non-hydrogen) atoms. The zero-order valence-corrected chi connectivity index (χ0v) is 11.2. The van der Waals surface area contributed by atoms with Gasteiger partial charge in [-0.25, -0.2) is 8.42 Å². The van der Waals surface area contributed by atoms with Gasteiger partial charge in [-0.2, -0.15) is 4.31 Å². The molecule has 100 valence electrons. The number of para-hydroxylation sites is 1. The summed E-state index contributed by atoms with van der Waals surface area (Å²) < 4.78 is 31.9. The molecule has 0 aliphatic carbocycles. The second-order valence-corrected chi connectivity index (χ2v) is 6.21. The van der Waals surface area contributed by atoms with Crippen molar-refractivity contribution >= 4 is 15.7 Å². The van der Waals surface area contributed by atoms with Crippen LogP contribution in [0.25, 0.3) is 0 Å². The normalized spacial score (nSPS) is 21.9. The highest BCUT2D eigenvalue weighted by molar-refractivity contribution is 7.89. The van der Waals surface area contributed by atoms with Gasteiger partial charge in [-0.3, -0.25) is 0 Å². The third-order valence-electron chi connectivity index (χ3n) is 3.09. The standard InChI is InChI=1S/C12H18N2O3S/c1-2-10-9-14(7-8-17-10)18(15,16)12-6-4-3-5-11(12)13/h3-6,10H,2,7-9,13H2,1H3. The zero-order valence-electron chi connectivity index (χ0n) is 10.4. The Hall–Kier alpha value is -1.11. The molecule has 5 nitrogen and oxygen atoms in total. The molecule has 0 spiro atoms. The maximum Gasteiger partial charge on any atom is 0.245 e. The molecule has 0 radical (unpaired) electrons. The lowest BCUT2D eigenvalue weighted by Gasteiger charge is -2.31. The molecular formula is C12H18N2O3S. The van der Waals surface area contributed by atoms with Gasteiger partial charge in [0.1, 0.15) is 4.90 Å². The summed E-state index contributed by atoms with van der Waals surface area (Å²) in [5.41, 5.74) is 6.03. The van der Waals surface area contributed by atoms with Gasteiger partial charge in [-0.1, -0.05) is 19.1 Å². The summed E-state index contributed by atoms with van der Waals surface area (Å²) >= 11 is 0. The van der Waals surface area contributed by atoms with Crippen LogP contribution in [0, 0.1) is 0 Å². The second-order valence-electron chi connectivity index (χ2n) is 4.30. The zero-order chi connectivity index (χ0) is 13.2. The molecule has 0 bridgehead atoms. The molecule has 2 rings (SSSR count). The summed E-state index contributed by atoms with van der Waals surface area (Å²) in [5.74, 6) is 0. The maximum atomic E-state index is 12.5. The molecule has 0 aromatic heterocycles. The van der Waals surface area contributed by atoms with Gasteiger partial charge in [-0.15, -0.1) is 0 Å². The molecule has 1 saturated heterocycles. The van der Waals surface area contributed by atoms with E-state index in [1.165, 1.54) is 4.31 Å². The first-order chi connectivity index (χ1) is 8.55. The van der Waals surface area contributed by atoms with E-state index in [2.05, 4.69) is 0 Å². The number of benzene rings is 1. The van der Waals surface area contributed by atoms with Crippen LogP contribution in [0.15, 0.2) is 29.2 Å². The quantitative estimate of drug-likeness (QED) is 0.834. The van der Waals surface area contributed by atoms with Crippen molar-refractivity contribution in [2.24, 2.45) is 0 Å². The molecule has 1 fully saturated rings. The van der Waals surface area contributed by atoms with Gasteiger partial charge >= 0.3 is 0 Å². The van der Waals surface area contributed by atoms with E-state index in [4.69, 9.17) is 10.5 Å². The Morgan fingerprint density at radius 1 is 1.44 bits per heavy atom. The van der Waals surface area contributed by atoms with E-state index >= 15 is 0 Å². The Kier molecular flexibility index (Phi) is 3.89. The molecule has 2 N–H and O–H groups in total. The Balaban J connectivity index is 2.29. The second kappa shape index (κ2) is 5.26. The first-order valence-electron chi connectivity index (χ1n) is 6.02. The van der Waals surface area contributed by atoms with Gasteiger partial charge in [-0.05, 0) is 18.6 Å². The lowest BCUT2D eigenvalue weighted by atomic mass is 10.2. The van der Waals surface area contributed by atoms with E-state index in [1.54, 1.807) is 24.3 Å². The summed E-state index contributed by atoms with van der Waals surface area (Å²) in [6.45, 7) is 3.20. The van der Waals surface area contributed by atoms with Crippen molar-refractivity contribution in [1.82, 2.24) is 4.31 Å². The molecule has 1 aromatic rings. The number of hydrogen-bond acceptors (Lipinski definition) is 4. The number of anilines is 1. The Labute approximate surface area is 108 Å². The highest BCUT2D eigenvalue weighted by atomic mass is 32.2. The van der Waals surface area contributed by atoms with Crippen molar-refractivity contribution < 1.29 is 13.2 Å². The van der Waals surface area contributed by atoms with Crippen molar-refractivity contribution in [3.63, 3.8) is 0 Å². The van der Waals surface area contributed by atoms with Gasteiger partial charge < -0.3 is 10.5 Å².